The van der Waals surface area contributed by atoms with E-state index < -0.39 is 18.2 Å². The fraction of sp³-hybridized carbons (Fsp3) is 0.500. The van der Waals surface area contributed by atoms with Crippen molar-refractivity contribution >= 4 is 23.4 Å². The van der Waals surface area contributed by atoms with E-state index in [1.165, 1.54) is 6.92 Å². The van der Waals surface area contributed by atoms with Gasteiger partial charge in [-0.2, -0.15) is 0 Å². The summed E-state index contributed by atoms with van der Waals surface area (Å²) in [6.45, 7) is 2.64. The maximum Gasteiger partial charge on any atom is 0.248 e. The number of aliphatic hydroxyl groups excluding tert-OH is 1. The van der Waals surface area contributed by atoms with Crippen LogP contribution in [-0.2, 0) is 16.1 Å². The quantitative estimate of drug-likeness (QED) is 0.737. The second kappa shape index (κ2) is 6.47. The number of hydrogen-bond donors (Lipinski definition) is 3. The fourth-order valence-corrected chi connectivity index (χ4v) is 3.28. The first-order chi connectivity index (χ1) is 11.0. The molecule has 3 rings (SSSR count). The van der Waals surface area contributed by atoms with Gasteiger partial charge in [0.1, 0.15) is 12.1 Å². The lowest BCUT2D eigenvalue weighted by molar-refractivity contribution is -0.149. The summed E-state index contributed by atoms with van der Waals surface area (Å²) in [6.07, 6.45) is -0.314. The van der Waals surface area contributed by atoms with E-state index in [0.29, 0.717) is 24.5 Å². The van der Waals surface area contributed by atoms with Crippen molar-refractivity contribution in [3.8, 4) is 0 Å². The lowest BCUT2D eigenvalue weighted by Crippen LogP contribution is -2.64. The first kappa shape index (κ1) is 16.2. The molecule has 0 radical (unpaired) electrons. The number of benzene rings is 1. The van der Waals surface area contributed by atoms with E-state index in [2.05, 4.69) is 10.6 Å². The predicted octanol–water partition coefficient (Wildman–Crippen LogP) is 0.278. The van der Waals surface area contributed by atoms with Crippen LogP contribution in [0.1, 0.15) is 18.9 Å². The number of nitrogens with zero attached hydrogens (tertiary/aromatic N) is 1. The highest BCUT2D eigenvalue weighted by molar-refractivity contribution is 6.30. The van der Waals surface area contributed by atoms with Crippen LogP contribution in [0.25, 0.3) is 0 Å². The van der Waals surface area contributed by atoms with Gasteiger partial charge in [0.05, 0.1) is 6.10 Å². The molecule has 7 heteroatoms. The molecule has 0 aromatic heterocycles. The maximum atomic E-state index is 12.4. The van der Waals surface area contributed by atoms with E-state index in [-0.39, 0.29) is 17.9 Å². The average molecular weight is 338 g/mol. The number of aliphatic hydroxyl groups is 1. The largest absolute Gasteiger partial charge is 0.391 e. The van der Waals surface area contributed by atoms with Gasteiger partial charge in [-0.25, -0.2) is 0 Å². The van der Waals surface area contributed by atoms with Gasteiger partial charge in [-0.1, -0.05) is 23.7 Å². The molecule has 0 aliphatic carbocycles. The summed E-state index contributed by atoms with van der Waals surface area (Å²) in [5, 5.41) is 16.3. The second-order valence-electron chi connectivity index (χ2n) is 6.17. The van der Waals surface area contributed by atoms with Gasteiger partial charge in [-0.15, -0.1) is 0 Å². The molecule has 3 N–H and O–H groups in total. The van der Waals surface area contributed by atoms with Crippen molar-refractivity contribution < 1.29 is 14.7 Å². The summed E-state index contributed by atoms with van der Waals surface area (Å²) in [5.41, 5.74) is 1.09. The third-order valence-electron chi connectivity index (χ3n) is 4.44. The molecule has 23 heavy (non-hydrogen) atoms. The smallest absolute Gasteiger partial charge is 0.248 e. The van der Waals surface area contributed by atoms with Crippen LogP contribution in [0.3, 0.4) is 0 Å². The molecule has 0 saturated carbocycles. The van der Waals surface area contributed by atoms with Crippen LogP contribution in [0.4, 0.5) is 0 Å². The zero-order valence-electron chi connectivity index (χ0n) is 12.8. The van der Waals surface area contributed by atoms with Crippen LogP contribution in [0.2, 0.25) is 5.02 Å². The molecule has 1 aromatic carbocycles. The maximum absolute atomic E-state index is 12.4. The molecule has 2 aliphatic heterocycles. The van der Waals surface area contributed by atoms with E-state index in [1.807, 2.05) is 24.3 Å². The van der Waals surface area contributed by atoms with Gasteiger partial charge in [0.15, 0.2) is 0 Å². The Morgan fingerprint density at radius 2 is 2.09 bits per heavy atom. The summed E-state index contributed by atoms with van der Waals surface area (Å²) in [5.74, 6) is -0.397. The minimum absolute atomic E-state index is 0.0538. The summed E-state index contributed by atoms with van der Waals surface area (Å²) in [4.78, 5) is 26.1. The summed E-state index contributed by atoms with van der Waals surface area (Å²) in [6, 6.07) is 6.33. The third-order valence-corrected chi connectivity index (χ3v) is 4.69. The molecular weight excluding hydrogens is 318 g/mol. The monoisotopic (exact) mass is 337 g/mol. The standard InChI is InChI=1S/C16H20ClN3O3/c1-9(21)14-16(23)20-8-12(6-13(20)15(22)19-14)18-7-10-2-4-11(17)5-3-10/h2-5,9,12-14,18,21H,6-8H2,1H3,(H,19,22)/t9-,12+,13+,14+/m1/s1. The zero-order chi connectivity index (χ0) is 16.6. The van der Waals surface area contributed by atoms with Crippen LogP contribution >= 0.6 is 11.6 Å². The summed E-state index contributed by atoms with van der Waals surface area (Å²) in [7, 11) is 0. The Labute approximate surface area is 139 Å². The first-order valence-corrected chi connectivity index (χ1v) is 8.10. The molecule has 0 bridgehead atoms. The van der Waals surface area contributed by atoms with E-state index in [0.717, 1.165) is 5.56 Å². The molecule has 6 nitrogen and oxygen atoms in total. The summed E-state index contributed by atoms with van der Waals surface area (Å²) >= 11 is 5.86. The number of carbonyl (C=O) groups is 2. The molecule has 2 amide bonds. The van der Waals surface area contributed by atoms with E-state index >= 15 is 0 Å². The zero-order valence-corrected chi connectivity index (χ0v) is 13.6. The van der Waals surface area contributed by atoms with Gasteiger partial charge in [0, 0.05) is 24.2 Å². The van der Waals surface area contributed by atoms with Crippen LogP contribution in [-0.4, -0.2) is 52.6 Å². The van der Waals surface area contributed by atoms with E-state index in [4.69, 9.17) is 11.6 Å². The Balaban J connectivity index is 1.62. The lowest BCUT2D eigenvalue weighted by Gasteiger charge is -2.35. The van der Waals surface area contributed by atoms with E-state index in [1.54, 1.807) is 4.90 Å². The van der Waals surface area contributed by atoms with E-state index in [9.17, 15) is 14.7 Å². The van der Waals surface area contributed by atoms with Crippen molar-refractivity contribution in [3.63, 3.8) is 0 Å². The number of halogens is 1. The highest BCUT2D eigenvalue weighted by atomic mass is 35.5. The first-order valence-electron chi connectivity index (χ1n) is 7.72. The number of piperazine rings is 1. The molecule has 2 aliphatic rings. The predicted molar refractivity (Wildman–Crippen MR) is 85.8 cm³/mol. The minimum Gasteiger partial charge on any atom is -0.391 e. The fourth-order valence-electron chi connectivity index (χ4n) is 3.16. The number of amides is 2. The lowest BCUT2D eigenvalue weighted by atomic mass is 10.0. The number of fused-ring (bicyclic) bond motifs is 1. The number of rotatable bonds is 4. The molecular formula is C16H20ClN3O3. The summed E-state index contributed by atoms with van der Waals surface area (Å²) < 4.78 is 0. The highest BCUT2D eigenvalue weighted by Gasteiger charge is 2.47. The Bertz CT molecular complexity index is 605. The van der Waals surface area contributed by atoms with Crippen LogP contribution in [0, 0.1) is 0 Å². The van der Waals surface area contributed by atoms with Crippen LogP contribution < -0.4 is 10.6 Å². The van der Waals surface area contributed by atoms with Crippen molar-refractivity contribution in [1.29, 1.82) is 0 Å². The van der Waals surface area contributed by atoms with Gasteiger partial charge in [-0.05, 0) is 31.0 Å². The van der Waals surface area contributed by atoms with Gasteiger partial charge in [0.2, 0.25) is 11.8 Å². The van der Waals surface area contributed by atoms with Gasteiger partial charge < -0.3 is 20.6 Å². The molecule has 1 aromatic rings. The number of hydrogen-bond acceptors (Lipinski definition) is 4. The topological polar surface area (TPSA) is 81.7 Å². The van der Waals surface area contributed by atoms with Gasteiger partial charge >= 0.3 is 0 Å². The van der Waals surface area contributed by atoms with Crippen molar-refractivity contribution in [2.24, 2.45) is 0 Å². The van der Waals surface area contributed by atoms with Crippen LogP contribution in [0.15, 0.2) is 24.3 Å². The molecule has 4 atom stereocenters. The van der Waals surface area contributed by atoms with Crippen molar-refractivity contribution in [2.45, 2.75) is 44.1 Å². The average Bonchev–Trinajstić information content (AvgIpc) is 2.95. The Morgan fingerprint density at radius 1 is 1.39 bits per heavy atom. The molecule has 2 fully saturated rings. The molecule has 0 unspecified atom stereocenters. The van der Waals surface area contributed by atoms with Gasteiger partial charge in [-0.3, -0.25) is 9.59 Å². The third kappa shape index (κ3) is 3.34. The molecule has 2 heterocycles. The van der Waals surface area contributed by atoms with Crippen molar-refractivity contribution in [1.82, 2.24) is 15.5 Å². The molecule has 2 saturated heterocycles. The highest BCUT2D eigenvalue weighted by Crippen LogP contribution is 2.24. The molecule has 0 spiro atoms. The normalized spacial score (nSPS) is 28.5. The van der Waals surface area contributed by atoms with Gasteiger partial charge in [0.25, 0.3) is 0 Å². The number of nitrogens with one attached hydrogen (secondary N) is 2. The Kier molecular flexibility index (Phi) is 4.57. The van der Waals surface area contributed by atoms with Crippen molar-refractivity contribution in [2.75, 3.05) is 6.54 Å². The van der Waals surface area contributed by atoms with Crippen molar-refractivity contribution in [3.05, 3.63) is 34.9 Å². The Morgan fingerprint density at radius 3 is 2.74 bits per heavy atom. The second-order valence-corrected chi connectivity index (χ2v) is 6.61. The minimum atomic E-state index is -0.895. The molecule has 124 valence electrons. The van der Waals surface area contributed by atoms with Crippen LogP contribution in [0.5, 0.6) is 0 Å². The SMILES string of the molecule is C[C@@H](O)[C@@H]1NC(=O)[C@@H]2C[C@H](NCc3ccc(Cl)cc3)CN2C1=O. The number of carbonyl (C=O) groups excluding carboxylic acids is 2. The Hall–Kier alpha value is -1.63.